The molecule has 3 aromatic rings. The third-order valence-electron chi connectivity index (χ3n) is 4.70. The monoisotopic (exact) mass is 491 g/mol. The molecular formula is C22H24N2O5PS2+. The van der Waals surface area contributed by atoms with Crippen molar-refractivity contribution >= 4 is 46.5 Å². The molecule has 1 aromatic heterocycles. The molecule has 0 saturated heterocycles. The van der Waals surface area contributed by atoms with Crippen LogP contribution in [0.2, 0.25) is 0 Å². The van der Waals surface area contributed by atoms with Gasteiger partial charge in [0.2, 0.25) is 6.16 Å². The van der Waals surface area contributed by atoms with E-state index in [4.69, 9.17) is 10.3 Å². The topological polar surface area (TPSA) is 116 Å². The second-order valence-electron chi connectivity index (χ2n) is 6.99. The van der Waals surface area contributed by atoms with Crippen LogP contribution in [0.1, 0.15) is 22.8 Å². The van der Waals surface area contributed by atoms with Crippen LogP contribution in [-0.4, -0.2) is 32.4 Å². The molecule has 0 radical (unpaired) electrons. The summed E-state index contributed by atoms with van der Waals surface area (Å²) in [6, 6.07) is 16.1. The molecule has 0 fully saturated rings. The molecule has 32 heavy (non-hydrogen) atoms. The minimum Gasteiger partial charge on any atom is -0.397 e. The molecule has 1 unspecified atom stereocenters. The molecule has 1 amide bonds. The predicted molar refractivity (Wildman–Crippen MR) is 130 cm³/mol. The van der Waals surface area contributed by atoms with Crippen molar-refractivity contribution in [3.63, 3.8) is 0 Å². The van der Waals surface area contributed by atoms with Crippen LogP contribution in [0.15, 0.2) is 60.0 Å². The van der Waals surface area contributed by atoms with Gasteiger partial charge in [0, 0.05) is 21.8 Å². The third-order valence-corrected chi connectivity index (χ3v) is 8.39. The van der Waals surface area contributed by atoms with E-state index >= 15 is 0 Å². The van der Waals surface area contributed by atoms with Gasteiger partial charge < -0.3 is 11.1 Å². The van der Waals surface area contributed by atoms with Gasteiger partial charge in [-0.05, 0) is 45.8 Å². The van der Waals surface area contributed by atoms with Gasteiger partial charge in [0.15, 0.2) is 9.84 Å². The molecule has 1 atom stereocenters. The molecular weight excluding hydrogens is 467 g/mol. The maximum absolute atomic E-state index is 12.7. The van der Waals surface area contributed by atoms with Crippen molar-refractivity contribution in [2.45, 2.75) is 13.1 Å². The van der Waals surface area contributed by atoms with Crippen LogP contribution in [0.25, 0.3) is 10.4 Å². The lowest BCUT2D eigenvalue weighted by Gasteiger charge is -2.10. The van der Waals surface area contributed by atoms with Gasteiger partial charge >= 0.3 is 8.03 Å². The van der Waals surface area contributed by atoms with E-state index < -0.39 is 17.9 Å². The van der Waals surface area contributed by atoms with E-state index in [1.165, 1.54) is 0 Å². The van der Waals surface area contributed by atoms with Crippen molar-refractivity contribution in [1.82, 2.24) is 0 Å². The number of benzene rings is 2. The Bertz CT molecular complexity index is 1190. The van der Waals surface area contributed by atoms with Gasteiger partial charge in [-0.2, -0.15) is 0 Å². The molecule has 0 bridgehead atoms. The van der Waals surface area contributed by atoms with Gasteiger partial charge in [-0.1, -0.05) is 31.2 Å². The Morgan fingerprint density at radius 2 is 1.91 bits per heavy atom. The van der Waals surface area contributed by atoms with E-state index in [1.54, 1.807) is 48.6 Å². The van der Waals surface area contributed by atoms with E-state index in [0.29, 0.717) is 16.9 Å². The molecule has 3 rings (SSSR count). The van der Waals surface area contributed by atoms with Crippen LogP contribution < -0.4 is 11.1 Å². The lowest BCUT2D eigenvalue weighted by Crippen LogP contribution is -2.13. The van der Waals surface area contributed by atoms with Crippen molar-refractivity contribution in [2.75, 3.05) is 29.2 Å². The summed E-state index contributed by atoms with van der Waals surface area (Å²) in [6.07, 6.45) is 0.138. The first-order valence-electron chi connectivity index (χ1n) is 9.89. The fraction of sp³-hybridized carbons (Fsp3) is 0.227. The molecule has 10 heteroatoms. The minimum atomic E-state index is -3.15. The van der Waals surface area contributed by atoms with Gasteiger partial charge in [-0.25, -0.2) is 8.42 Å². The largest absolute Gasteiger partial charge is 0.512 e. The highest BCUT2D eigenvalue weighted by molar-refractivity contribution is 7.91. The Balaban J connectivity index is 1.58. The summed E-state index contributed by atoms with van der Waals surface area (Å²) in [5, 5.41) is 4.82. The van der Waals surface area contributed by atoms with Crippen LogP contribution in [0.5, 0.6) is 0 Å². The van der Waals surface area contributed by atoms with Crippen molar-refractivity contribution in [3.05, 3.63) is 71.1 Å². The fourth-order valence-corrected chi connectivity index (χ4v) is 5.19. The Kier molecular flexibility index (Phi) is 8.15. The number of hydrogen-bond acceptors (Lipinski definition) is 7. The predicted octanol–water partition coefficient (Wildman–Crippen LogP) is 4.94. The Morgan fingerprint density at radius 3 is 2.56 bits per heavy atom. The highest BCUT2D eigenvalue weighted by Gasteiger charge is 2.20. The second kappa shape index (κ2) is 10.8. The van der Waals surface area contributed by atoms with E-state index in [2.05, 4.69) is 5.32 Å². The van der Waals surface area contributed by atoms with Crippen LogP contribution >= 0.6 is 19.4 Å². The maximum atomic E-state index is 12.7. The lowest BCUT2D eigenvalue weighted by atomic mass is 10.1. The molecule has 0 aliphatic heterocycles. The quantitative estimate of drug-likeness (QED) is 0.306. The number of amides is 1. The zero-order valence-corrected chi connectivity index (χ0v) is 20.0. The average Bonchev–Trinajstić information content (AvgIpc) is 3.30. The number of anilines is 2. The summed E-state index contributed by atoms with van der Waals surface area (Å²) in [5.74, 6) is -0.432. The summed E-state index contributed by atoms with van der Waals surface area (Å²) < 4.78 is 40.1. The highest BCUT2D eigenvalue weighted by atomic mass is 32.2. The summed E-state index contributed by atoms with van der Waals surface area (Å²) in [7, 11) is -5.19. The van der Waals surface area contributed by atoms with Crippen molar-refractivity contribution in [2.24, 2.45) is 0 Å². The second-order valence-corrected chi connectivity index (χ2v) is 11.7. The number of carbonyl (C=O) groups excluding carboxylic acids is 1. The molecule has 7 nitrogen and oxygen atoms in total. The van der Waals surface area contributed by atoms with Crippen LogP contribution in [0.3, 0.4) is 0 Å². The zero-order valence-electron chi connectivity index (χ0n) is 17.5. The van der Waals surface area contributed by atoms with Crippen LogP contribution in [0, 0.1) is 0 Å². The minimum absolute atomic E-state index is 0.0284. The SMILES string of the molecule is CCS(=O)(=O)CCO[P+](=O)Cc1ccc(C(=O)Nc2cc(-c3cccs3)ccc2N)cc1. The number of carbonyl (C=O) groups is 1. The first kappa shape index (κ1) is 24.1. The molecule has 0 saturated carbocycles. The van der Waals surface area contributed by atoms with Crippen molar-refractivity contribution in [3.8, 4) is 10.4 Å². The average molecular weight is 492 g/mol. The number of nitrogen functional groups attached to an aromatic ring is 1. The number of nitrogens with two attached hydrogens (primary N) is 1. The zero-order chi connectivity index (χ0) is 23.1. The number of rotatable bonds is 10. The summed E-state index contributed by atoms with van der Waals surface area (Å²) in [5.41, 5.74) is 9.15. The van der Waals surface area contributed by atoms with Crippen LogP contribution in [0.4, 0.5) is 11.4 Å². The van der Waals surface area contributed by atoms with Crippen LogP contribution in [-0.2, 0) is 25.1 Å². The van der Waals surface area contributed by atoms with E-state index in [1.807, 2.05) is 29.6 Å². The van der Waals surface area contributed by atoms with E-state index in [-0.39, 0.29) is 30.2 Å². The third kappa shape index (κ3) is 6.71. The number of nitrogens with one attached hydrogen (secondary N) is 1. The number of sulfone groups is 1. The van der Waals surface area contributed by atoms with Gasteiger partial charge in [-0.15, -0.1) is 15.9 Å². The van der Waals surface area contributed by atoms with Crippen molar-refractivity contribution < 1.29 is 22.3 Å². The normalized spacial score (nSPS) is 11.8. The molecule has 0 spiro atoms. The molecule has 2 aromatic carbocycles. The van der Waals surface area contributed by atoms with Gasteiger partial charge in [-0.3, -0.25) is 4.79 Å². The van der Waals surface area contributed by atoms with E-state index in [9.17, 15) is 17.8 Å². The summed E-state index contributed by atoms with van der Waals surface area (Å²) >= 11 is 1.60. The number of thiophene rings is 1. The van der Waals surface area contributed by atoms with Gasteiger partial charge in [0.05, 0.1) is 17.1 Å². The standard InChI is InChI=1S/C22H23N2O5PS2/c1-2-32(27,28)13-11-29-30(26)15-16-5-7-17(8-6-16)22(25)24-20-14-18(9-10-19(20)23)21-4-3-12-31-21/h3-10,12,14H,2,11,13,15,23H2,1H3/p+1. The molecule has 0 aliphatic rings. The first-order valence-corrected chi connectivity index (χ1v) is 14.0. The maximum Gasteiger partial charge on any atom is 0.512 e. The smallest absolute Gasteiger partial charge is 0.397 e. The van der Waals surface area contributed by atoms with Gasteiger partial charge in [0.25, 0.3) is 5.91 Å². The fourth-order valence-electron chi connectivity index (χ4n) is 2.82. The number of hydrogen-bond donors (Lipinski definition) is 2. The lowest BCUT2D eigenvalue weighted by molar-refractivity contribution is 0.102. The first-order chi connectivity index (χ1) is 15.3. The summed E-state index contributed by atoms with van der Waals surface area (Å²) in [6.45, 7) is 1.46. The highest BCUT2D eigenvalue weighted by Crippen LogP contribution is 2.31. The van der Waals surface area contributed by atoms with E-state index in [0.717, 1.165) is 16.0 Å². The molecule has 0 aliphatic carbocycles. The van der Waals surface area contributed by atoms with Gasteiger partial charge in [0.1, 0.15) is 6.61 Å². The molecule has 3 N–H and O–H groups in total. The Morgan fingerprint density at radius 1 is 1.16 bits per heavy atom. The molecule has 1 heterocycles. The van der Waals surface area contributed by atoms with Crippen molar-refractivity contribution in [1.29, 1.82) is 0 Å². The molecule has 168 valence electrons. The Labute approximate surface area is 192 Å². The summed E-state index contributed by atoms with van der Waals surface area (Å²) in [4.78, 5) is 13.7. The Hall–Kier alpha value is -2.58.